The van der Waals surface area contributed by atoms with E-state index in [1.54, 1.807) is 12.2 Å². The summed E-state index contributed by atoms with van der Waals surface area (Å²) in [5, 5.41) is 4.64. The molecule has 11 heavy (non-hydrogen) atoms. The van der Waals surface area contributed by atoms with Crippen LogP contribution in [0.1, 0.15) is 0 Å². The second-order valence-electron chi connectivity index (χ2n) is 2.17. The Balaban J connectivity index is 3.51. The van der Waals surface area contributed by atoms with Crippen LogP contribution in [0.4, 0.5) is 0 Å². The molecule has 0 spiro atoms. The molecule has 0 aliphatic carbocycles. The molecule has 0 saturated heterocycles. The molecule has 0 fully saturated rings. The van der Waals surface area contributed by atoms with Gasteiger partial charge in [0.1, 0.15) is 0 Å². The summed E-state index contributed by atoms with van der Waals surface area (Å²) in [5.74, 6) is 0. The lowest BCUT2D eigenvalue weighted by Crippen LogP contribution is -2.16. The number of rotatable bonds is 5. The number of allylic oxidation sites excluding steroid dienone is 1. The molecule has 0 aliphatic rings. The first-order valence-electron chi connectivity index (χ1n) is 3.49. The smallest absolute Gasteiger partial charge is 0.0575 e. The number of hydrogen-bond acceptors (Lipinski definition) is 3. The second kappa shape index (κ2) is 5.95. The molecule has 0 radical (unpaired) electrons. The highest BCUT2D eigenvalue weighted by Gasteiger charge is 1.88. The second-order valence-corrected chi connectivity index (χ2v) is 2.17. The predicted molar refractivity (Wildman–Crippen MR) is 47.0 cm³/mol. The van der Waals surface area contributed by atoms with Crippen LogP contribution in [0, 0.1) is 0 Å². The highest BCUT2D eigenvalue weighted by atomic mass is 16.7. The van der Waals surface area contributed by atoms with Crippen LogP contribution in [0.2, 0.25) is 0 Å². The molecule has 0 amide bonds. The fourth-order valence-electron chi connectivity index (χ4n) is 0.501. The van der Waals surface area contributed by atoms with E-state index in [2.05, 4.69) is 11.9 Å². The van der Waals surface area contributed by atoms with Crippen molar-refractivity contribution in [3.05, 3.63) is 24.4 Å². The van der Waals surface area contributed by atoms with Gasteiger partial charge in [-0.2, -0.15) is 5.06 Å². The van der Waals surface area contributed by atoms with Gasteiger partial charge in [0.2, 0.25) is 0 Å². The molecule has 0 aromatic heterocycles. The monoisotopic (exact) mass is 156 g/mol. The molecule has 0 unspecified atom stereocenters. The zero-order valence-electron chi connectivity index (χ0n) is 7.42. The maximum Gasteiger partial charge on any atom is 0.0575 e. The van der Waals surface area contributed by atoms with Crippen molar-refractivity contribution in [2.24, 2.45) is 0 Å². The molecule has 3 heteroatoms. The van der Waals surface area contributed by atoms with Crippen LogP contribution in [0.15, 0.2) is 24.4 Å². The van der Waals surface area contributed by atoms with Crippen LogP contribution < -0.4 is 5.32 Å². The summed E-state index contributed by atoms with van der Waals surface area (Å²) in [6.45, 7) is 4.50. The van der Waals surface area contributed by atoms with Gasteiger partial charge in [-0.3, -0.25) is 0 Å². The Morgan fingerprint density at radius 2 is 2.36 bits per heavy atom. The Kier molecular flexibility index (Phi) is 5.51. The molecule has 0 saturated carbocycles. The summed E-state index contributed by atoms with van der Waals surface area (Å²) in [4.78, 5) is 4.90. The number of hydroxylamine groups is 2. The summed E-state index contributed by atoms with van der Waals surface area (Å²) in [6, 6.07) is 0. The molecule has 0 rings (SSSR count). The van der Waals surface area contributed by atoms with E-state index in [1.807, 2.05) is 26.2 Å². The predicted octanol–water partition coefficient (Wildman–Crippen LogP) is 0.769. The average molecular weight is 156 g/mol. The van der Waals surface area contributed by atoms with Crippen LogP contribution in [0.25, 0.3) is 0 Å². The van der Waals surface area contributed by atoms with Gasteiger partial charge in [0.15, 0.2) is 0 Å². The Bertz CT molecular complexity index is 143. The number of nitrogens with one attached hydrogen (secondary N) is 1. The first-order chi connectivity index (χ1) is 5.20. The quantitative estimate of drug-likeness (QED) is 0.470. The third-order valence-electron chi connectivity index (χ3n) is 1.31. The highest BCUT2D eigenvalue weighted by Crippen LogP contribution is 1.87. The van der Waals surface area contributed by atoms with Gasteiger partial charge in [-0.25, -0.2) is 0 Å². The fourth-order valence-corrected chi connectivity index (χ4v) is 0.501. The standard InChI is InChI=1S/C8H16N2O/c1-8(9-2)6-5-7-10(3)11-4/h5-6,9H,1,7H2,2-4H3/b6-5+. The Morgan fingerprint density at radius 3 is 2.82 bits per heavy atom. The summed E-state index contributed by atoms with van der Waals surface area (Å²) in [7, 11) is 5.35. The Hall–Kier alpha value is -0.800. The van der Waals surface area contributed by atoms with Gasteiger partial charge >= 0.3 is 0 Å². The third-order valence-corrected chi connectivity index (χ3v) is 1.31. The van der Waals surface area contributed by atoms with E-state index in [0.717, 1.165) is 12.2 Å². The SMILES string of the molecule is C=C(/C=C/CN(C)OC)NC. The van der Waals surface area contributed by atoms with Crippen molar-refractivity contribution in [2.75, 3.05) is 27.7 Å². The maximum absolute atomic E-state index is 4.90. The lowest BCUT2D eigenvalue weighted by atomic mass is 10.4. The molecular formula is C8H16N2O. The molecular weight excluding hydrogens is 140 g/mol. The van der Waals surface area contributed by atoms with Crippen molar-refractivity contribution in [2.45, 2.75) is 0 Å². The zero-order valence-corrected chi connectivity index (χ0v) is 7.42. The third kappa shape index (κ3) is 5.63. The number of likely N-dealkylation sites (N-methyl/N-ethyl adjacent to an activating group) is 2. The van der Waals surface area contributed by atoms with E-state index >= 15 is 0 Å². The van der Waals surface area contributed by atoms with Crippen LogP contribution in [0.5, 0.6) is 0 Å². The normalized spacial score (nSPS) is 10.9. The summed E-state index contributed by atoms with van der Waals surface area (Å²) >= 11 is 0. The minimum absolute atomic E-state index is 0.761. The van der Waals surface area contributed by atoms with Crippen LogP contribution in [-0.2, 0) is 4.84 Å². The lowest BCUT2D eigenvalue weighted by Gasteiger charge is -2.09. The average Bonchev–Trinajstić information content (AvgIpc) is 2.04. The van der Waals surface area contributed by atoms with Crippen molar-refractivity contribution in [1.82, 2.24) is 10.4 Å². The van der Waals surface area contributed by atoms with E-state index in [0.29, 0.717) is 0 Å². The van der Waals surface area contributed by atoms with E-state index in [-0.39, 0.29) is 0 Å². The van der Waals surface area contributed by atoms with Crippen molar-refractivity contribution >= 4 is 0 Å². The number of nitrogens with zero attached hydrogens (tertiary/aromatic N) is 1. The van der Waals surface area contributed by atoms with Gasteiger partial charge in [-0.15, -0.1) is 0 Å². The van der Waals surface area contributed by atoms with Gasteiger partial charge in [-0.05, 0) is 6.08 Å². The molecule has 64 valence electrons. The van der Waals surface area contributed by atoms with Crippen LogP contribution >= 0.6 is 0 Å². The topological polar surface area (TPSA) is 24.5 Å². The van der Waals surface area contributed by atoms with Crippen molar-refractivity contribution in [1.29, 1.82) is 0 Å². The van der Waals surface area contributed by atoms with Crippen LogP contribution in [-0.4, -0.2) is 32.8 Å². The Morgan fingerprint density at radius 1 is 1.73 bits per heavy atom. The van der Waals surface area contributed by atoms with Crippen molar-refractivity contribution in [3.63, 3.8) is 0 Å². The molecule has 0 atom stereocenters. The number of hydrogen-bond donors (Lipinski definition) is 1. The maximum atomic E-state index is 4.90. The van der Waals surface area contributed by atoms with Crippen molar-refractivity contribution in [3.8, 4) is 0 Å². The van der Waals surface area contributed by atoms with Gasteiger partial charge < -0.3 is 10.2 Å². The van der Waals surface area contributed by atoms with Gasteiger partial charge in [0.05, 0.1) is 7.11 Å². The van der Waals surface area contributed by atoms with E-state index in [9.17, 15) is 0 Å². The first-order valence-corrected chi connectivity index (χ1v) is 3.49. The summed E-state index contributed by atoms with van der Waals surface area (Å²) < 4.78 is 0. The van der Waals surface area contributed by atoms with Crippen molar-refractivity contribution < 1.29 is 4.84 Å². The highest BCUT2D eigenvalue weighted by molar-refractivity contribution is 5.11. The van der Waals surface area contributed by atoms with Crippen LogP contribution in [0.3, 0.4) is 0 Å². The summed E-state index contributed by atoms with van der Waals surface area (Å²) in [6.07, 6.45) is 3.89. The largest absolute Gasteiger partial charge is 0.389 e. The molecule has 0 aliphatic heterocycles. The van der Waals surface area contributed by atoms with E-state index < -0.39 is 0 Å². The van der Waals surface area contributed by atoms with E-state index in [1.165, 1.54) is 0 Å². The lowest BCUT2D eigenvalue weighted by molar-refractivity contribution is -0.0992. The van der Waals surface area contributed by atoms with Gasteiger partial charge in [0, 0.05) is 26.3 Å². The minimum Gasteiger partial charge on any atom is -0.389 e. The Labute approximate surface area is 68.3 Å². The molecule has 0 bridgehead atoms. The zero-order chi connectivity index (χ0) is 8.69. The fraction of sp³-hybridized carbons (Fsp3) is 0.500. The van der Waals surface area contributed by atoms with E-state index in [4.69, 9.17) is 4.84 Å². The molecule has 0 aromatic rings. The van der Waals surface area contributed by atoms with Gasteiger partial charge in [0.25, 0.3) is 0 Å². The molecule has 1 N–H and O–H groups in total. The summed E-state index contributed by atoms with van der Waals surface area (Å²) in [5.41, 5.74) is 0.898. The minimum atomic E-state index is 0.761. The molecule has 0 aromatic carbocycles. The first kappa shape index (κ1) is 10.2. The van der Waals surface area contributed by atoms with Gasteiger partial charge in [-0.1, -0.05) is 12.7 Å². The molecule has 0 heterocycles. The molecule has 3 nitrogen and oxygen atoms in total.